The summed E-state index contributed by atoms with van der Waals surface area (Å²) >= 11 is 6.34. The molecule has 1 aliphatic carbocycles. The molecule has 1 unspecified atom stereocenters. The normalized spacial score (nSPS) is 18.3. The highest BCUT2D eigenvalue weighted by molar-refractivity contribution is 6.31. The number of pyridine rings is 1. The molecule has 14 heteroatoms. The number of morpholine rings is 1. The molecule has 7 rings (SSSR count). The van der Waals surface area contributed by atoms with Gasteiger partial charge in [-0.15, -0.1) is 5.10 Å². The van der Waals surface area contributed by atoms with E-state index in [4.69, 9.17) is 16.3 Å². The smallest absolute Gasteiger partial charge is 0.335 e. The lowest BCUT2D eigenvalue weighted by atomic mass is 10.0. The van der Waals surface area contributed by atoms with Crippen LogP contribution in [0.3, 0.4) is 0 Å². The van der Waals surface area contributed by atoms with Crippen LogP contribution in [0.25, 0.3) is 27.9 Å². The third-order valence-electron chi connectivity index (χ3n) is 8.63. The average Bonchev–Trinajstić information content (AvgIpc) is 3.40. The molecule has 2 aromatic carbocycles. The number of rotatable bonds is 9. The number of benzene rings is 2. The number of ether oxygens (including phenoxy) is 1. The highest BCUT2D eigenvalue weighted by atomic mass is 35.5. The molecule has 1 saturated heterocycles. The van der Waals surface area contributed by atoms with E-state index in [1.165, 1.54) is 17.2 Å². The number of carboxylic acid groups (broad SMARTS) is 1. The minimum absolute atomic E-state index is 0.0851. The Balaban J connectivity index is 1.21. The third kappa shape index (κ3) is 5.94. The quantitative estimate of drug-likeness (QED) is 0.188. The van der Waals surface area contributed by atoms with Crippen molar-refractivity contribution in [3.8, 4) is 27.9 Å². The molecule has 4 heterocycles. The maximum Gasteiger partial charge on any atom is 0.335 e. The number of hydrogen-bond acceptors (Lipinski definition) is 8. The maximum absolute atomic E-state index is 13.8. The van der Waals surface area contributed by atoms with E-state index in [0.717, 1.165) is 22.3 Å². The molecule has 3 aromatic heterocycles. The van der Waals surface area contributed by atoms with Gasteiger partial charge in [0.15, 0.2) is 6.20 Å². The summed E-state index contributed by atoms with van der Waals surface area (Å²) in [5, 5.41) is 39.7. The number of hydrogen-bond donors (Lipinski definition) is 1. The number of tetrazole rings is 1. The number of halogens is 1. The number of carbonyl (C=O) groups excluding carboxylic acids is 1. The molecule has 2 fully saturated rings. The molecule has 1 saturated carbocycles. The van der Waals surface area contributed by atoms with Gasteiger partial charge in [0, 0.05) is 53.0 Å². The molecular formula is C32H29ClN8O5. The molecule has 234 valence electrons. The van der Waals surface area contributed by atoms with Gasteiger partial charge >= 0.3 is 5.97 Å². The van der Waals surface area contributed by atoms with Gasteiger partial charge in [-0.2, -0.15) is 14.5 Å². The van der Waals surface area contributed by atoms with E-state index in [1.807, 2.05) is 17.2 Å². The Morgan fingerprint density at radius 2 is 1.85 bits per heavy atom. The molecule has 2 aliphatic rings. The van der Waals surface area contributed by atoms with Gasteiger partial charge in [0.05, 0.1) is 30.7 Å². The minimum atomic E-state index is -1.00. The molecule has 1 N–H and O–H groups in total. The van der Waals surface area contributed by atoms with Crippen molar-refractivity contribution in [1.82, 2.24) is 34.9 Å². The summed E-state index contributed by atoms with van der Waals surface area (Å²) in [6.07, 6.45) is 7.79. The molecule has 46 heavy (non-hydrogen) atoms. The van der Waals surface area contributed by atoms with Crippen LogP contribution in [-0.4, -0.2) is 78.2 Å². The standard InChI is InChI=1S/C32H29ClN8O5/c33-25-6-8-28(40-19-34-36-37-40)26(15-25)22-5-7-29(41(45)18-22)30(14-23-13-27(23)31(42)38-9-11-46-12-10-38)39-17-24(16-35-39)20-1-3-21(4-2-20)32(43)44/h1-8,15-19,23,27,30H,9-14H2,(H,43,44)/t23-,27+,30?/m0/s1. The highest BCUT2D eigenvalue weighted by Gasteiger charge is 2.47. The van der Waals surface area contributed by atoms with Gasteiger partial charge in [0.2, 0.25) is 11.6 Å². The van der Waals surface area contributed by atoms with Gasteiger partial charge in [0.25, 0.3) is 0 Å². The summed E-state index contributed by atoms with van der Waals surface area (Å²) < 4.78 is 9.51. The van der Waals surface area contributed by atoms with Crippen LogP contribution in [0.1, 0.15) is 34.9 Å². The van der Waals surface area contributed by atoms with E-state index in [1.54, 1.807) is 59.4 Å². The molecule has 5 aromatic rings. The van der Waals surface area contributed by atoms with Gasteiger partial charge in [-0.05, 0) is 71.1 Å². The maximum atomic E-state index is 13.8. The molecule has 0 bridgehead atoms. The fourth-order valence-electron chi connectivity index (χ4n) is 6.06. The van der Waals surface area contributed by atoms with Gasteiger partial charge < -0.3 is 20.0 Å². The van der Waals surface area contributed by atoms with Gasteiger partial charge in [-0.25, -0.2) is 4.79 Å². The van der Waals surface area contributed by atoms with Gasteiger partial charge in [-0.1, -0.05) is 23.7 Å². The zero-order valence-electron chi connectivity index (χ0n) is 24.5. The van der Waals surface area contributed by atoms with Crippen molar-refractivity contribution >= 4 is 23.5 Å². The van der Waals surface area contributed by atoms with Crippen LogP contribution in [0.4, 0.5) is 0 Å². The van der Waals surface area contributed by atoms with Crippen LogP contribution in [0.5, 0.6) is 0 Å². The Labute approximate surface area is 268 Å². The van der Waals surface area contributed by atoms with Crippen molar-refractivity contribution in [1.29, 1.82) is 0 Å². The first-order valence-corrected chi connectivity index (χ1v) is 15.2. The number of aromatic carboxylic acids is 1. The van der Waals surface area contributed by atoms with Crippen molar-refractivity contribution < 1.29 is 24.2 Å². The number of carbonyl (C=O) groups is 2. The van der Waals surface area contributed by atoms with E-state index < -0.39 is 12.0 Å². The summed E-state index contributed by atoms with van der Waals surface area (Å²) in [5.41, 5.74) is 4.19. The number of nitrogens with zero attached hydrogens (tertiary/aromatic N) is 8. The lowest BCUT2D eigenvalue weighted by molar-refractivity contribution is -0.615. The summed E-state index contributed by atoms with van der Waals surface area (Å²) in [6.45, 7) is 2.26. The summed E-state index contributed by atoms with van der Waals surface area (Å²) in [5.74, 6) is -0.891. The average molecular weight is 641 g/mol. The summed E-state index contributed by atoms with van der Waals surface area (Å²) in [6, 6.07) is 15.0. The van der Waals surface area contributed by atoms with Crippen molar-refractivity contribution in [2.24, 2.45) is 11.8 Å². The van der Waals surface area contributed by atoms with Crippen molar-refractivity contribution in [3.05, 3.63) is 101 Å². The first-order chi connectivity index (χ1) is 22.4. The Bertz CT molecular complexity index is 1890. The predicted octanol–water partition coefficient (Wildman–Crippen LogP) is 3.65. The number of amides is 1. The van der Waals surface area contributed by atoms with Gasteiger partial charge in [-0.3, -0.25) is 9.48 Å². The summed E-state index contributed by atoms with van der Waals surface area (Å²) in [4.78, 5) is 26.4. The van der Waals surface area contributed by atoms with Crippen molar-refractivity contribution in [2.75, 3.05) is 26.3 Å². The molecule has 1 aliphatic heterocycles. The van der Waals surface area contributed by atoms with Crippen LogP contribution in [-0.2, 0) is 9.53 Å². The van der Waals surface area contributed by atoms with Crippen molar-refractivity contribution in [2.45, 2.75) is 18.9 Å². The lowest BCUT2D eigenvalue weighted by Gasteiger charge is -2.27. The molecule has 0 spiro atoms. The van der Waals surface area contributed by atoms with Crippen molar-refractivity contribution in [3.63, 3.8) is 0 Å². The predicted molar refractivity (Wildman–Crippen MR) is 165 cm³/mol. The second-order valence-electron chi connectivity index (χ2n) is 11.5. The van der Waals surface area contributed by atoms with Crippen LogP contribution >= 0.6 is 11.6 Å². The second kappa shape index (κ2) is 12.3. The Morgan fingerprint density at radius 1 is 1.07 bits per heavy atom. The highest BCUT2D eigenvalue weighted by Crippen LogP contribution is 2.46. The van der Waals surface area contributed by atoms with E-state index in [2.05, 4.69) is 20.6 Å². The fraction of sp³-hybridized carbons (Fsp3) is 0.281. The largest absolute Gasteiger partial charge is 0.618 e. The summed E-state index contributed by atoms with van der Waals surface area (Å²) in [7, 11) is 0. The zero-order valence-corrected chi connectivity index (χ0v) is 25.3. The van der Waals surface area contributed by atoms with Crippen LogP contribution < -0.4 is 4.73 Å². The monoisotopic (exact) mass is 640 g/mol. The molecule has 3 atom stereocenters. The fourth-order valence-corrected chi connectivity index (χ4v) is 6.24. The Hall–Kier alpha value is -5.14. The topological polar surface area (TPSA) is 155 Å². The first-order valence-electron chi connectivity index (χ1n) is 14.9. The molecule has 0 radical (unpaired) electrons. The van der Waals surface area contributed by atoms with E-state index >= 15 is 0 Å². The van der Waals surface area contributed by atoms with E-state index in [-0.39, 0.29) is 23.3 Å². The van der Waals surface area contributed by atoms with Crippen LogP contribution in [0.15, 0.2) is 79.5 Å². The molecule has 13 nitrogen and oxygen atoms in total. The van der Waals surface area contributed by atoms with Crippen LogP contribution in [0.2, 0.25) is 5.02 Å². The minimum Gasteiger partial charge on any atom is -0.618 e. The Kier molecular flexibility index (Phi) is 7.93. The molecule has 1 amide bonds. The SMILES string of the molecule is O=C(O)c1ccc(-c2cnn(C(C[C@@H]3C[C@H]3C(=O)N3CCOCC3)c3ccc(-c4cc(Cl)ccc4-n4cnnn4)c[n+]3[O-])c2)cc1. The zero-order chi connectivity index (χ0) is 31.8. The van der Waals surface area contributed by atoms with E-state index in [0.29, 0.717) is 60.3 Å². The third-order valence-corrected chi connectivity index (χ3v) is 8.86. The van der Waals surface area contributed by atoms with Crippen LogP contribution in [0, 0.1) is 17.0 Å². The number of aromatic nitrogens is 7. The molecular weight excluding hydrogens is 612 g/mol. The Morgan fingerprint density at radius 3 is 2.57 bits per heavy atom. The van der Waals surface area contributed by atoms with Gasteiger partial charge in [0.1, 0.15) is 12.4 Å². The van der Waals surface area contributed by atoms with E-state index in [9.17, 15) is 19.9 Å². The first kappa shape index (κ1) is 29.6. The second-order valence-corrected chi connectivity index (χ2v) is 11.9. The lowest BCUT2D eigenvalue weighted by Crippen LogP contribution is -2.41. The number of carboxylic acids is 1.